The van der Waals surface area contributed by atoms with E-state index in [-0.39, 0.29) is 28.4 Å². The minimum atomic E-state index is -1.90. The quantitative estimate of drug-likeness (QED) is 0.124. The number of rotatable bonds is 7. The number of phenols is 3. The van der Waals surface area contributed by atoms with Crippen LogP contribution >= 0.6 is 0 Å². The van der Waals surface area contributed by atoms with Crippen LogP contribution in [0.4, 0.5) is 0 Å². The van der Waals surface area contributed by atoms with E-state index >= 15 is 0 Å². The van der Waals surface area contributed by atoms with Gasteiger partial charge in [0.25, 0.3) is 0 Å². The minimum absolute atomic E-state index is 0.0112. The molecule has 10 unspecified atom stereocenters. The summed E-state index contributed by atoms with van der Waals surface area (Å²) in [6, 6.07) is 6.79. The van der Waals surface area contributed by atoms with Gasteiger partial charge >= 0.3 is 0 Å². The second-order valence-electron chi connectivity index (χ2n) is 10.1. The van der Waals surface area contributed by atoms with Gasteiger partial charge in [0.1, 0.15) is 54.2 Å². The highest BCUT2D eigenvalue weighted by atomic mass is 16.8. The topological polar surface area (TPSA) is 269 Å². The van der Waals surface area contributed by atoms with E-state index in [0.29, 0.717) is 0 Å². The lowest BCUT2D eigenvalue weighted by atomic mass is 9.97. The molecular weight excluding hydrogens is 580 g/mol. The van der Waals surface area contributed by atoms with E-state index in [1.165, 1.54) is 12.1 Å². The third-order valence-corrected chi connectivity index (χ3v) is 7.25. The summed E-state index contributed by atoms with van der Waals surface area (Å²) in [6.07, 6.45) is -17.2. The Balaban J connectivity index is 1.57. The fourth-order valence-electron chi connectivity index (χ4n) is 4.88. The number of ether oxygens (including phenoxy) is 4. The standard InChI is InChI=1S/C27H30O16/c28-7-17-19(34)21(36)23(38)26(41-17)43-25-22(37)20(35)18(8-29)42-27(25)40-16-6-11-13(32)4-10(30)5-15(11)39-24(16)9-1-2-12(31)14(33)3-9/h1-6,17-23,25-29,31-38H,7-8H2. The average molecular weight is 611 g/mol. The van der Waals surface area contributed by atoms with Gasteiger partial charge in [-0.15, -0.1) is 0 Å². The third kappa shape index (κ3) is 5.85. The zero-order valence-corrected chi connectivity index (χ0v) is 22.1. The van der Waals surface area contributed by atoms with E-state index in [0.717, 1.165) is 24.3 Å². The van der Waals surface area contributed by atoms with Crippen LogP contribution in [0.3, 0.4) is 0 Å². The second-order valence-corrected chi connectivity index (χ2v) is 10.1. The molecule has 5 rings (SSSR count). The first-order chi connectivity index (χ1) is 20.4. The molecule has 3 heterocycles. The van der Waals surface area contributed by atoms with Crippen LogP contribution in [0.25, 0.3) is 22.6 Å². The van der Waals surface area contributed by atoms with Crippen LogP contribution in [0.2, 0.25) is 0 Å². The van der Waals surface area contributed by atoms with Gasteiger partial charge in [-0.3, -0.25) is 4.79 Å². The molecule has 16 nitrogen and oxygen atoms in total. The maximum Gasteiger partial charge on any atom is 0.229 e. The third-order valence-electron chi connectivity index (χ3n) is 7.25. The number of aliphatic hydroxyl groups is 7. The zero-order valence-electron chi connectivity index (χ0n) is 22.1. The minimum Gasteiger partial charge on any atom is -0.507 e. The van der Waals surface area contributed by atoms with Crippen molar-refractivity contribution >= 4 is 0 Å². The molecule has 0 spiro atoms. The first kappa shape index (κ1) is 30.9. The molecular formula is C27H30O16. The number of phenolic OH excluding ortho intramolecular Hbond substituents is 3. The Morgan fingerprint density at radius 3 is 2.00 bits per heavy atom. The van der Waals surface area contributed by atoms with Crippen molar-refractivity contribution in [2.24, 2.45) is 0 Å². The number of aromatic hydroxyl groups is 3. The Bertz CT molecular complexity index is 1460. The summed E-state index contributed by atoms with van der Waals surface area (Å²) in [5.74, 6) is -2.02. The van der Waals surface area contributed by atoms with E-state index in [9.17, 15) is 55.9 Å². The van der Waals surface area contributed by atoms with Crippen molar-refractivity contribution < 1.29 is 74.4 Å². The monoisotopic (exact) mass is 610 g/mol. The van der Waals surface area contributed by atoms with Gasteiger partial charge in [0.2, 0.25) is 6.29 Å². The maximum atomic E-state index is 12.0. The predicted octanol–water partition coefficient (Wildman–Crippen LogP) is -2.47. The molecule has 4 aliphatic rings. The number of fused-ring (bicyclic) bond motifs is 1. The van der Waals surface area contributed by atoms with Crippen LogP contribution < -0.4 is 10.2 Å². The Hall–Kier alpha value is -3.55. The Labute approximate surface area is 241 Å². The molecule has 1 aromatic rings. The van der Waals surface area contributed by atoms with Gasteiger partial charge in [-0.1, -0.05) is 0 Å². The van der Waals surface area contributed by atoms with E-state index in [2.05, 4.69) is 0 Å². The Morgan fingerprint density at radius 2 is 1.35 bits per heavy atom. The van der Waals surface area contributed by atoms with Crippen molar-refractivity contribution in [3.8, 4) is 45.6 Å². The van der Waals surface area contributed by atoms with Crippen LogP contribution in [0.5, 0.6) is 23.0 Å². The summed E-state index contributed by atoms with van der Waals surface area (Å²) < 4.78 is 28.5. The summed E-state index contributed by atoms with van der Waals surface area (Å²) in [6.45, 7) is -1.57. The molecule has 2 saturated heterocycles. The highest BCUT2D eigenvalue weighted by molar-refractivity contribution is 5.76. The fraction of sp³-hybridized carbons (Fsp3) is 0.444. The molecule has 0 amide bonds. The first-order valence-electron chi connectivity index (χ1n) is 13.0. The van der Waals surface area contributed by atoms with Gasteiger partial charge in [-0.05, 0) is 24.3 Å². The molecule has 3 aliphatic heterocycles. The van der Waals surface area contributed by atoms with Crippen LogP contribution in [0.15, 0.2) is 45.6 Å². The molecule has 2 fully saturated rings. The van der Waals surface area contributed by atoms with Crippen LogP contribution in [-0.2, 0) is 14.2 Å². The summed E-state index contributed by atoms with van der Waals surface area (Å²) in [4.78, 5) is 12.0. The summed E-state index contributed by atoms with van der Waals surface area (Å²) >= 11 is 0. The summed E-state index contributed by atoms with van der Waals surface area (Å²) in [7, 11) is 0. The summed E-state index contributed by atoms with van der Waals surface area (Å²) in [5, 5.41) is 102. The van der Waals surface area contributed by atoms with Gasteiger partial charge in [-0.2, -0.15) is 0 Å². The van der Waals surface area contributed by atoms with Crippen LogP contribution in [0, 0.1) is 0 Å². The second kappa shape index (κ2) is 12.2. The fourth-order valence-corrected chi connectivity index (χ4v) is 4.88. The van der Waals surface area contributed by atoms with Gasteiger partial charge in [-0.25, -0.2) is 0 Å². The van der Waals surface area contributed by atoms with Gasteiger partial charge < -0.3 is 74.4 Å². The Kier molecular flexibility index (Phi) is 8.77. The van der Waals surface area contributed by atoms with E-state index in [4.69, 9.17) is 23.4 Å². The van der Waals surface area contributed by atoms with Gasteiger partial charge in [0.15, 0.2) is 40.8 Å². The lowest BCUT2D eigenvalue weighted by Gasteiger charge is -2.45. The SMILES string of the molecule is O=c1cc2oc(-c3ccc(O)c(O)c3)c(OC3OC(CO)C(O)C(O)C3OC3OC(CO)C(O)C(O)C3O)cc-2c(O)c1. The molecule has 1 aliphatic carbocycles. The summed E-state index contributed by atoms with van der Waals surface area (Å²) in [5.41, 5.74) is -0.499. The van der Waals surface area contributed by atoms with E-state index < -0.39 is 97.3 Å². The number of aliphatic hydroxyl groups excluding tert-OH is 7. The lowest BCUT2D eigenvalue weighted by molar-refractivity contribution is -0.357. The molecule has 43 heavy (non-hydrogen) atoms. The van der Waals surface area contributed by atoms with Crippen LogP contribution in [-0.4, -0.2) is 126 Å². The molecule has 10 N–H and O–H groups in total. The number of hydrogen-bond donors (Lipinski definition) is 10. The Morgan fingerprint density at radius 1 is 0.698 bits per heavy atom. The van der Waals surface area contributed by atoms with Crippen molar-refractivity contribution in [3.05, 3.63) is 46.6 Å². The van der Waals surface area contributed by atoms with E-state index in [1.807, 2.05) is 0 Å². The number of hydrogen-bond acceptors (Lipinski definition) is 16. The smallest absolute Gasteiger partial charge is 0.229 e. The van der Waals surface area contributed by atoms with Crippen molar-refractivity contribution in [2.75, 3.05) is 13.2 Å². The first-order valence-corrected chi connectivity index (χ1v) is 13.0. The maximum absolute atomic E-state index is 12.0. The molecule has 234 valence electrons. The molecule has 0 saturated carbocycles. The number of benzene rings is 2. The molecule has 16 heteroatoms. The molecule has 0 radical (unpaired) electrons. The average Bonchev–Trinajstić information content (AvgIpc) is 2.98. The van der Waals surface area contributed by atoms with E-state index in [1.54, 1.807) is 0 Å². The zero-order chi connectivity index (χ0) is 31.2. The molecule has 1 aromatic carbocycles. The predicted molar refractivity (Wildman–Crippen MR) is 139 cm³/mol. The largest absolute Gasteiger partial charge is 0.507 e. The highest BCUT2D eigenvalue weighted by Gasteiger charge is 2.51. The molecule has 0 aromatic heterocycles. The van der Waals surface area contributed by atoms with Crippen LogP contribution in [0.1, 0.15) is 0 Å². The van der Waals surface area contributed by atoms with Gasteiger partial charge in [0, 0.05) is 17.7 Å². The molecule has 0 bridgehead atoms. The van der Waals surface area contributed by atoms with Crippen molar-refractivity contribution in [2.45, 2.75) is 61.4 Å². The van der Waals surface area contributed by atoms with Crippen molar-refractivity contribution in [1.82, 2.24) is 0 Å². The van der Waals surface area contributed by atoms with Gasteiger partial charge in [0.05, 0.1) is 18.8 Å². The normalized spacial score (nSPS) is 33.0. The van der Waals surface area contributed by atoms with Crippen molar-refractivity contribution in [1.29, 1.82) is 0 Å². The molecule has 10 atom stereocenters. The highest BCUT2D eigenvalue weighted by Crippen LogP contribution is 2.43. The van der Waals surface area contributed by atoms with Crippen molar-refractivity contribution in [3.63, 3.8) is 0 Å². The lowest BCUT2D eigenvalue weighted by Crippen LogP contribution is -2.65.